The first-order valence-corrected chi connectivity index (χ1v) is 11.0. The zero-order valence-corrected chi connectivity index (χ0v) is 16.1. The molecule has 2 N–H and O–H groups in total. The summed E-state index contributed by atoms with van der Waals surface area (Å²) >= 11 is 0. The number of carbonyl (C=O) groups excluding carboxylic acids is 1. The fourth-order valence-electron chi connectivity index (χ4n) is 3.25. The molecule has 4 rings (SSSR count). The maximum Gasteiger partial charge on any atom is 0.252 e. The smallest absolute Gasteiger partial charge is 0.252 e. The highest BCUT2D eigenvalue weighted by atomic mass is 32.2. The van der Waals surface area contributed by atoms with Crippen molar-refractivity contribution in [2.45, 2.75) is 25.8 Å². The minimum atomic E-state index is -3.09. The highest BCUT2D eigenvalue weighted by Crippen LogP contribution is 2.25. The van der Waals surface area contributed by atoms with E-state index < -0.39 is 10.0 Å². The lowest BCUT2D eigenvalue weighted by Gasteiger charge is -2.38. The number of anilines is 1. The molecule has 8 heteroatoms. The molecule has 144 valence electrons. The van der Waals surface area contributed by atoms with Crippen LogP contribution in [0.1, 0.15) is 30.1 Å². The van der Waals surface area contributed by atoms with Crippen molar-refractivity contribution >= 4 is 32.7 Å². The van der Waals surface area contributed by atoms with E-state index in [0.717, 1.165) is 23.7 Å². The van der Waals surface area contributed by atoms with Gasteiger partial charge in [-0.05, 0) is 31.9 Å². The van der Waals surface area contributed by atoms with Crippen molar-refractivity contribution in [2.75, 3.05) is 30.7 Å². The lowest BCUT2D eigenvalue weighted by Crippen LogP contribution is -2.52. The van der Waals surface area contributed by atoms with E-state index in [0.29, 0.717) is 37.1 Å². The topological polar surface area (TPSA) is 91.4 Å². The molecule has 0 bridgehead atoms. The van der Waals surface area contributed by atoms with E-state index in [-0.39, 0.29) is 17.6 Å². The Morgan fingerprint density at radius 2 is 2.00 bits per heavy atom. The van der Waals surface area contributed by atoms with Gasteiger partial charge in [-0.15, -0.1) is 0 Å². The third kappa shape index (κ3) is 3.91. The third-order valence-corrected chi connectivity index (χ3v) is 6.94. The number of pyridine rings is 1. The summed E-state index contributed by atoms with van der Waals surface area (Å²) in [6.45, 7) is 3.36. The maximum atomic E-state index is 12.6. The molecule has 2 aliphatic rings. The quantitative estimate of drug-likeness (QED) is 0.755. The second-order valence-electron chi connectivity index (χ2n) is 7.28. The van der Waals surface area contributed by atoms with Crippen LogP contribution in [0.25, 0.3) is 10.9 Å². The summed E-state index contributed by atoms with van der Waals surface area (Å²) in [7, 11) is -3.09. The van der Waals surface area contributed by atoms with E-state index in [2.05, 4.69) is 15.6 Å². The molecule has 1 aliphatic heterocycles. The van der Waals surface area contributed by atoms with Crippen LogP contribution in [-0.2, 0) is 10.0 Å². The van der Waals surface area contributed by atoms with Gasteiger partial charge in [-0.2, -0.15) is 0 Å². The number of amides is 1. The van der Waals surface area contributed by atoms with Crippen LogP contribution in [0.5, 0.6) is 0 Å². The third-order valence-electron chi connectivity index (χ3n) is 5.13. The van der Waals surface area contributed by atoms with Crippen molar-refractivity contribution in [1.29, 1.82) is 0 Å². The minimum Gasteiger partial charge on any atom is -0.370 e. The lowest BCUT2D eigenvalue weighted by molar-refractivity contribution is 0.0952. The van der Waals surface area contributed by atoms with Crippen LogP contribution >= 0.6 is 0 Å². The summed E-state index contributed by atoms with van der Waals surface area (Å²) < 4.78 is 25.1. The fraction of sp³-hybridized carbons (Fsp3) is 0.474. The Balaban J connectivity index is 1.47. The van der Waals surface area contributed by atoms with E-state index in [4.69, 9.17) is 0 Å². The molecule has 2 heterocycles. The maximum absolute atomic E-state index is 12.6. The first-order chi connectivity index (χ1) is 13.0. The summed E-state index contributed by atoms with van der Waals surface area (Å²) in [5.74, 6) is 0.969. The average molecular weight is 388 g/mol. The zero-order chi connectivity index (χ0) is 19.0. The number of nitrogens with zero attached hydrogens (tertiary/aromatic N) is 2. The molecular formula is C19H24N4O3S. The number of aromatic nitrogens is 1. The predicted octanol–water partition coefficient (Wildman–Crippen LogP) is 1.82. The van der Waals surface area contributed by atoms with Gasteiger partial charge in [0.05, 0.1) is 16.8 Å². The second kappa shape index (κ2) is 7.09. The average Bonchev–Trinajstić information content (AvgIpc) is 3.43. The van der Waals surface area contributed by atoms with Crippen LogP contribution in [-0.4, -0.2) is 55.0 Å². The van der Waals surface area contributed by atoms with E-state index in [9.17, 15) is 13.2 Å². The normalized spacial score (nSPS) is 18.3. The molecule has 2 aromatic rings. The molecule has 1 aromatic heterocycles. The molecule has 1 aromatic carbocycles. The van der Waals surface area contributed by atoms with E-state index in [1.807, 2.05) is 24.3 Å². The molecule has 1 aliphatic carbocycles. The molecule has 1 saturated carbocycles. The van der Waals surface area contributed by atoms with Crippen LogP contribution in [0.3, 0.4) is 0 Å². The fourth-order valence-corrected chi connectivity index (χ4v) is 4.50. The van der Waals surface area contributed by atoms with E-state index in [1.165, 1.54) is 4.31 Å². The van der Waals surface area contributed by atoms with Gasteiger partial charge < -0.3 is 10.6 Å². The lowest BCUT2D eigenvalue weighted by atomic mass is 10.0. The van der Waals surface area contributed by atoms with Gasteiger partial charge in [0.25, 0.3) is 5.91 Å². The van der Waals surface area contributed by atoms with Crippen LogP contribution in [0.4, 0.5) is 5.82 Å². The number of para-hydroxylation sites is 1. The van der Waals surface area contributed by atoms with Gasteiger partial charge in [0.1, 0.15) is 5.82 Å². The van der Waals surface area contributed by atoms with Gasteiger partial charge in [-0.3, -0.25) is 4.79 Å². The highest BCUT2D eigenvalue weighted by molar-refractivity contribution is 7.89. The van der Waals surface area contributed by atoms with Crippen molar-refractivity contribution in [3.63, 3.8) is 0 Å². The van der Waals surface area contributed by atoms with Crippen LogP contribution in [0.2, 0.25) is 0 Å². The van der Waals surface area contributed by atoms with Crippen molar-refractivity contribution in [2.24, 2.45) is 5.92 Å². The molecule has 1 saturated heterocycles. The van der Waals surface area contributed by atoms with Crippen molar-refractivity contribution in [3.8, 4) is 0 Å². The minimum absolute atomic E-state index is 0.0667. The molecule has 0 unspecified atom stereocenters. The first kappa shape index (κ1) is 18.2. The Labute approximate surface area is 159 Å². The van der Waals surface area contributed by atoms with Gasteiger partial charge in [-0.1, -0.05) is 18.2 Å². The Morgan fingerprint density at radius 1 is 1.26 bits per heavy atom. The highest BCUT2D eigenvalue weighted by Gasteiger charge is 2.34. The van der Waals surface area contributed by atoms with Gasteiger partial charge in [-0.25, -0.2) is 17.7 Å². The van der Waals surface area contributed by atoms with Gasteiger partial charge in [0.2, 0.25) is 10.0 Å². The number of carbonyl (C=O) groups is 1. The summed E-state index contributed by atoms with van der Waals surface area (Å²) in [4.78, 5) is 17.2. The Hall–Kier alpha value is -2.19. The van der Waals surface area contributed by atoms with Gasteiger partial charge in [0.15, 0.2) is 0 Å². The van der Waals surface area contributed by atoms with Gasteiger partial charge >= 0.3 is 0 Å². The Bertz CT molecular complexity index is 966. The monoisotopic (exact) mass is 388 g/mol. The first-order valence-electron chi connectivity index (χ1n) is 9.38. The number of sulfonamides is 1. The second-order valence-corrected chi connectivity index (χ2v) is 9.54. The molecule has 1 amide bonds. The summed E-state index contributed by atoms with van der Waals surface area (Å²) in [5.41, 5.74) is 1.39. The number of nitrogens with one attached hydrogen (secondary N) is 2. The summed E-state index contributed by atoms with van der Waals surface area (Å²) in [6, 6.07) is 9.70. The zero-order valence-electron chi connectivity index (χ0n) is 15.3. The molecule has 0 atom stereocenters. The van der Waals surface area contributed by atoms with Crippen LogP contribution in [0, 0.1) is 5.92 Å². The standard InChI is InChI=1S/C19H24N4O3S/c1-2-27(25,26)23-11-13(12-23)10-20-18-9-16(19(24)21-14-7-8-14)15-5-3-4-6-17(15)22-18/h3-6,9,13-14H,2,7-8,10-12H2,1H3,(H,20,22)(H,21,24). The molecule has 27 heavy (non-hydrogen) atoms. The Morgan fingerprint density at radius 3 is 2.70 bits per heavy atom. The van der Waals surface area contributed by atoms with Crippen LogP contribution < -0.4 is 10.6 Å². The molecule has 0 spiro atoms. The summed E-state index contributed by atoms with van der Waals surface area (Å²) in [6.07, 6.45) is 2.08. The Kier molecular flexibility index (Phi) is 4.77. The molecule has 2 fully saturated rings. The number of rotatable bonds is 7. The summed E-state index contributed by atoms with van der Waals surface area (Å²) in [5, 5.41) is 7.16. The number of fused-ring (bicyclic) bond motifs is 1. The van der Waals surface area contributed by atoms with Crippen LogP contribution in [0.15, 0.2) is 30.3 Å². The number of hydrogen-bond acceptors (Lipinski definition) is 5. The SMILES string of the molecule is CCS(=O)(=O)N1CC(CNc2cc(C(=O)NC3CC3)c3ccccc3n2)C1. The van der Waals surface area contributed by atoms with E-state index in [1.54, 1.807) is 13.0 Å². The number of hydrogen-bond donors (Lipinski definition) is 2. The largest absolute Gasteiger partial charge is 0.370 e. The van der Waals surface area contributed by atoms with Crippen molar-refractivity contribution in [3.05, 3.63) is 35.9 Å². The molecule has 0 radical (unpaired) electrons. The molecule has 7 nitrogen and oxygen atoms in total. The van der Waals surface area contributed by atoms with Crippen molar-refractivity contribution in [1.82, 2.24) is 14.6 Å². The predicted molar refractivity (Wildman–Crippen MR) is 105 cm³/mol. The number of benzene rings is 1. The van der Waals surface area contributed by atoms with Gasteiger partial charge in [0, 0.05) is 37.0 Å². The molecular weight excluding hydrogens is 364 g/mol. The van der Waals surface area contributed by atoms with E-state index >= 15 is 0 Å². The van der Waals surface area contributed by atoms with Crippen molar-refractivity contribution < 1.29 is 13.2 Å².